The van der Waals surface area contributed by atoms with Gasteiger partial charge in [0.25, 0.3) is 0 Å². The van der Waals surface area contributed by atoms with E-state index in [9.17, 15) is 8.78 Å². The minimum absolute atomic E-state index is 0.238. The molecule has 1 aromatic heterocycles. The summed E-state index contributed by atoms with van der Waals surface area (Å²) in [5, 5.41) is 3.18. The lowest BCUT2D eigenvalue weighted by Crippen LogP contribution is -2.24. The zero-order valence-corrected chi connectivity index (χ0v) is 12.2. The smallest absolute Gasteiger partial charge is 0.164 e. The lowest BCUT2D eigenvalue weighted by atomic mass is 10.0. The summed E-state index contributed by atoms with van der Waals surface area (Å²) in [6, 6.07) is 7.17. The van der Waals surface area contributed by atoms with Gasteiger partial charge in [-0.3, -0.25) is 0 Å². The van der Waals surface area contributed by atoms with Crippen molar-refractivity contribution in [2.75, 3.05) is 13.7 Å². The maximum Gasteiger partial charge on any atom is 0.164 e. The van der Waals surface area contributed by atoms with Crippen LogP contribution in [0.2, 0.25) is 0 Å². The van der Waals surface area contributed by atoms with E-state index in [1.54, 1.807) is 25.3 Å². The Kier molecular flexibility index (Phi) is 5.47. The predicted molar refractivity (Wildman–Crippen MR) is 75.9 cm³/mol. The first-order valence-corrected chi connectivity index (χ1v) is 6.92. The van der Waals surface area contributed by atoms with Gasteiger partial charge in [-0.05, 0) is 31.2 Å². The second-order valence-electron chi connectivity index (χ2n) is 4.77. The van der Waals surface area contributed by atoms with E-state index in [0.717, 1.165) is 12.5 Å². The van der Waals surface area contributed by atoms with Crippen LogP contribution in [0.5, 0.6) is 0 Å². The van der Waals surface area contributed by atoms with E-state index in [-0.39, 0.29) is 5.56 Å². The predicted octanol–water partition coefficient (Wildman–Crippen LogP) is 3.79. The summed E-state index contributed by atoms with van der Waals surface area (Å²) in [5.74, 6) is -0.525. The van der Waals surface area contributed by atoms with Gasteiger partial charge < -0.3 is 14.5 Å². The van der Waals surface area contributed by atoms with Crippen molar-refractivity contribution in [1.82, 2.24) is 5.32 Å². The quantitative estimate of drug-likeness (QED) is 0.844. The molecular formula is C16H19F2NO2. The van der Waals surface area contributed by atoms with Crippen LogP contribution in [-0.4, -0.2) is 13.7 Å². The molecule has 1 aromatic carbocycles. The first-order valence-electron chi connectivity index (χ1n) is 6.92. The highest BCUT2D eigenvalue weighted by atomic mass is 19.2. The van der Waals surface area contributed by atoms with E-state index < -0.39 is 17.7 Å². The Labute approximate surface area is 122 Å². The van der Waals surface area contributed by atoms with Gasteiger partial charge in [-0.25, -0.2) is 8.78 Å². The molecule has 2 aromatic rings. The van der Waals surface area contributed by atoms with Crippen LogP contribution in [0.15, 0.2) is 34.7 Å². The number of benzene rings is 1. The lowest BCUT2D eigenvalue weighted by molar-refractivity contribution is 0.162. The number of hydrogen-bond acceptors (Lipinski definition) is 3. The Hall–Kier alpha value is -1.72. The molecule has 0 aliphatic heterocycles. The van der Waals surface area contributed by atoms with Gasteiger partial charge in [0.05, 0.1) is 6.04 Å². The second kappa shape index (κ2) is 7.33. The summed E-state index contributed by atoms with van der Waals surface area (Å²) >= 11 is 0. The van der Waals surface area contributed by atoms with Gasteiger partial charge in [0.15, 0.2) is 11.6 Å². The summed E-state index contributed by atoms with van der Waals surface area (Å²) in [7, 11) is 1.57. The fourth-order valence-electron chi connectivity index (χ4n) is 2.17. The largest absolute Gasteiger partial charge is 0.462 e. The number of rotatable bonds is 7. The van der Waals surface area contributed by atoms with Crippen molar-refractivity contribution in [3.05, 3.63) is 59.1 Å². The first-order chi connectivity index (χ1) is 10.2. The van der Waals surface area contributed by atoms with Crippen LogP contribution >= 0.6 is 0 Å². The van der Waals surface area contributed by atoms with Gasteiger partial charge in [0.1, 0.15) is 18.1 Å². The molecule has 0 bridgehead atoms. The van der Waals surface area contributed by atoms with Gasteiger partial charge in [0, 0.05) is 12.7 Å². The number of furan rings is 1. The third kappa shape index (κ3) is 3.68. The fourth-order valence-corrected chi connectivity index (χ4v) is 2.17. The topological polar surface area (TPSA) is 34.4 Å². The lowest BCUT2D eigenvalue weighted by Gasteiger charge is -2.17. The summed E-state index contributed by atoms with van der Waals surface area (Å²) in [6.07, 6.45) is 0.874. The van der Waals surface area contributed by atoms with Crippen LogP contribution in [0.25, 0.3) is 0 Å². The van der Waals surface area contributed by atoms with E-state index in [0.29, 0.717) is 24.7 Å². The SMILES string of the molecule is CCCNC(c1ccc(COC)o1)c1cccc(F)c1F. The van der Waals surface area contributed by atoms with Gasteiger partial charge in [-0.1, -0.05) is 19.1 Å². The van der Waals surface area contributed by atoms with Crippen molar-refractivity contribution in [3.63, 3.8) is 0 Å². The molecule has 3 nitrogen and oxygen atoms in total. The Bertz CT molecular complexity index is 583. The Balaban J connectivity index is 2.34. The van der Waals surface area contributed by atoms with Gasteiger partial charge >= 0.3 is 0 Å². The Morgan fingerprint density at radius 1 is 1.24 bits per heavy atom. The maximum atomic E-state index is 14.0. The zero-order chi connectivity index (χ0) is 15.2. The molecule has 1 unspecified atom stereocenters. The molecule has 0 saturated carbocycles. The molecule has 0 aliphatic rings. The molecule has 0 radical (unpaired) electrons. The van der Waals surface area contributed by atoms with Crippen LogP contribution in [0.3, 0.4) is 0 Å². The van der Waals surface area contributed by atoms with Gasteiger partial charge in [-0.15, -0.1) is 0 Å². The summed E-state index contributed by atoms with van der Waals surface area (Å²) in [5.41, 5.74) is 0.238. The highest BCUT2D eigenvalue weighted by Crippen LogP contribution is 2.27. The molecular weight excluding hydrogens is 276 g/mol. The van der Waals surface area contributed by atoms with Gasteiger partial charge in [-0.2, -0.15) is 0 Å². The van der Waals surface area contributed by atoms with E-state index in [1.807, 2.05) is 6.92 Å². The average molecular weight is 295 g/mol. The third-order valence-electron chi connectivity index (χ3n) is 3.14. The molecule has 2 rings (SSSR count). The normalized spacial score (nSPS) is 12.6. The van der Waals surface area contributed by atoms with E-state index in [2.05, 4.69) is 5.32 Å². The van der Waals surface area contributed by atoms with Gasteiger partial charge in [0.2, 0.25) is 0 Å². The van der Waals surface area contributed by atoms with Crippen molar-refractivity contribution in [1.29, 1.82) is 0 Å². The highest BCUT2D eigenvalue weighted by Gasteiger charge is 2.22. The summed E-state index contributed by atoms with van der Waals surface area (Å²) in [6.45, 7) is 3.01. The standard InChI is InChI=1S/C16H19F2NO2/c1-3-9-19-16(12-5-4-6-13(17)15(12)18)14-8-7-11(21-14)10-20-2/h4-8,16,19H,3,9-10H2,1-2H3. The number of ether oxygens (including phenoxy) is 1. The molecule has 1 atom stereocenters. The molecule has 0 aliphatic carbocycles. The molecule has 21 heavy (non-hydrogen) atoms. The van der Waals surface area contributed by atoms with Crippen molar-refractivity contribution in [2.45, 2.75) is 26.0 Å². The van der Waals surface area contributed by atoms with Crippen molar-refractivity contribution >= 4 is 0 Å². The zero-order valence-electron chi connectivity index (χ0n) is 12.2. The molecule has 1 N–H and O–H groups in total. The monoisotopic (exact) mass is 295 g/mol. The van der Waals surface area contributed by atoms with E-state index >= 15 is 0 Å². The van der Waals surface area contributed by atoms with Crippen LogP contribution in [-0.2, 0) is 11.3 Å². The second-order valence-corrected chi connectivity index (χ2v) is 4.77. The number of nitrogens with one attached hydrogen (secondary N) is 1. The van der Waals surface area contributed by atoms with Crippen LogP contribution in [0, 0.1) is 11.6 Å². The molecule has 0 fully saturated rings. The third-order valence-corrected chi connectivity index (χ3v) is 3.14. The number of hydrogen-bond donors (Lipinski definition) is 1. The Morgan fingerprint density at radius 2 is 2.05 bits per heavy atom. The fraction of sp³-hybridized carbons (Fsp3) is 0.375. The molecule has 0 saturated heterocycles. The minimum Gasteiger partial charge on any atom is -0.462 e. The first kappa shape index (κ1) is 15.7. The van der Waals surface area contributed by atoms with Crippen LogP contribution in [0.4, 0.5) is 8.78 Å². The van der Waals surface area contributed by atoms with E-state index in [4.69, 9.17) is 9.15 Å². The summed E-state index contributed by atoms with van der Waals surface area (Å²) in [4.78, 5) is 0. The van der Waals surface area contributed by atoms with Crippen LogP contribution in [0.1, 0.15) is 36.5 Å². The molecule has 1 heterocycles. The Morgan fingerprint density at radius 3 is 2.76 bits per heavy atom. The molecule has 5 heteroatoms. The maximum absolute atomic E-state index is 14.0. The molecule has 114 valence electrons. The molecule has 0 spiro atoms. The number of methoxy groups -OCH3 is 1. The van der Waals surface area contributed by atoms with Crippen molar-refractivity contribution < 1.29 is 17.9 Å². The number of halogens is 2. The van der Waals surface area contributed by atoms with E-state index in [1.165, 1.54) is 6.07 Å². The van der Waals surface area contributed by atoms with Crippen molar-refractivity contribution in [3.8, 4) is 0 Å². The molecule has 0 amide bonds. The highest BCUT2D eigenvalue weighted by molar-refractivity contribution is 5.29. The minimum atomic E-state index is -0.862. The van der Waals surface area contributed by atoms with Crippen LogP contribution < -0.4 is 5.32 Å². The van der Waals surface area contributed by atoms with Crippen molar-refractivity contribution in [2.24, 2.45) is 0 Å². The summed E-state index contributed by atoms with van der Waals surface area (Å²) < 4.78 is 38.1. The average Bonchev–Trinajstić information content (AvgIpc) is 2.92.